The van der Waals surface area contributed by atoms with Crippen molar-refractivity contribution in [3.8, 4) is 0 Å². The summed E-state index contributed by atoms with van der Waals surface area (Å²) in [4.78, 5) is 25.0. The molecule has 21 heavy (non-hydrogen) atoms. The minimum atomic E-state index is -1.01. The van der Waals surface area contributed by atoms with Crippen molar-refractivity contribution < 1.29 is 14.7 Å². The molecule has 0 aromatic heterocycles. The summed E-state index contributed by atoms with van der Waals surface area (Å²) in [5.74, 6) is -0.434. The van der Waals surface area contributed by atoms with Crippen LogP contribution in [0.4, 0.5) is 10.5 Å². The molecular formula is C15H19BrN2O3. The first-order valence-electron chi connectivity index (χ1n) is 7.10. The molecule has 0 saturated carbocycles. The molecule has 114 valence electrons. The number of carbonyl (C=O) groups excluding carboxylic acids is 1. The molecule has 1 aromatic carbocycles. The quantitative estimate of drug-likeness (QED) is 0.863. The molecule has 1 saturated heterocycles. The molecule has 5 nitrogen and oxygen atoms in total. The van der Waals surface area contributed by atoms with Gasteiger partial charge in [0.05, 0.1) is 11.3 Å². The number of carboxylic acid groups (broad SMARTS) is 1. The van der Waals surface area contributed by atoms with Crippen LogP contribution in [0.25, 0.3) is 0 Å². The fourth-order valence-corrected chi connectivity index (χ4v) is 2.96. The predicted molar refractivity (Wildman–Crippen MR) is 84.7 cm³/mol. The summed E-state index contributed by atoms with van der Waals surface area (Å²) in [5.41, 5.74) is 0.637. The lowest BCUT2D eigenvalue weighted by atomic mass is 10.0. The van der Waals surface area contributed by atoms with Crippen LogP contribution >= 0.6 is 15.9 Å². The first-order chi connectivity index (χ1) is 10.0. The molecular weight excluding hydrogens is 336 g/mol. The Morgan fingerprint density at radius 3 is 2.90 bits per heavy atom. The molecule has 1 fully saturated rings. The van der Waals surface area contributed by atoms with Gasteiger partial charge in [-0.2, -0.15) is 0 Å². The van der Waals surface area contributed by atoms with E-state index in [1.165, 1.54) is 12.1 Å². The predicted octanol–water partition coefficient (Wildman–Crippen LogP) is 3.80. The highest BCUT2D eigenvalue weighted by Gasteiger charge is 2.25. The number of amides is 2. The maximum Gasteiger partial charge on any atom is 0.335 e. The first kappa shape index (κ1) is 15.8. The summed E-state index contributed by atoms with van der Waals surface area (Å²) >= 11 is 3.33. The second-order valence-electron chi connectivity index (χ2n) is 5.32. The minimum Gasteiger partial charge on any atom is -0.478 e. The molecule has 2 rings (SSSR count). The van der Waals surface area contributed by atoms with Crippen molar-refractivity contribution in [3.63, 3.8) is 0 Å². The van der Waals surface area contributed by atoms with Gasteiger partial charge in [0.25, 0.3) is 0 Å². The summed E-state index contributed by atoms with van der Waals surface area (Å²) in [5, 5.41) is 11.8. The van der Waals surface area contributed by atoms with Crippen LogP contribution < -0.4 is 5.32 Å². The number of benzene rings is 1. The Morgan fingerprint density at radius 1 is 1.48 bits per heavy atom. The lowest BCUT2D eigenvalue weighted by molar-refractivity contribution is 0.0697. The topological polar surface area (TPSA) is 69.6 Å². The third-order valence-corrected chi connectivity index (χ3v) is 4.42. The van der Waals surface area contributed by atoms with Gasteiger partial charge in [-0.1, -0.05) is 13.3 Å². The van der Waals surface area contributed by atoms with Crippen LogP contribution in [0.1, 0.15) is 36.5 Å². The average Bonchev–Trinajstić information content (AvgIpc) is 2.90. The number of likely N-dealkylation sites (tertiary alicyclic amines) is 1. The smallest absolute Gasteiger partial charge is 0.335 e. The zero-order valence-corrected chi connectivity index (χ0v) is 13.5. The minimum absolute atomic E-state index is 0.152. The van der Waals surface area contributed by atoms with Crippen molar-refractivity contribution in [1.82, 2.24) is 4.90 Å². The molecule has 0 bridgehead atoms. The molecule has 2 amide bonds. The number of nitrogens with one attached hydrogen (secondary N) is 1. The van der Waals surface area contributed by atoms with Gasteiger partial charge in [-0.3, -0.25) is 0 Å². The number of rotatable bonds is 4. The van der Waals surface area contributed by atoms with Gasteiger partial charge >= 0.3 is 12.0 Å². The van der Waals surface area contributed by atoms with E-state index in [1.54, 1.807) is 11.0 Å². The molecule has 2 N–H and O–H groups in total. The number of hydrogen-bond donors (Lipinski definition) is 2. The number of anilines is 1. The molecule has 1 aromatic rings. The van der Waals surface area contributed by atoms with Crippen molar-refractivity contribution in [2.24, 2.45) is 5.92 Å². The van der Waals surface area contributed by atoms with Crippen molar-refractivity contribution in [1.29, 1.82) is 0 Å². The second kappa shape index (κ2) is 6.93. The van der Waals surface area contributed by atoms with Gasteiger partial charge < -0.3 is 15.3 Å². The molecule has 6 heteroatoms. The maximum atomic E-state index is 12.2. The summed E-state index contributed by atoms with van der Waals surface area (Å²) in [6.45, 7) is 3.68. The van der Waals surface area contributed by atoms with Crippen LogP contribution in [-0.2, 0) is 0 Å². The lowest BCUT2D eigenvalue weighted by Gasteiger charge is -2.18. The van der Waals surface area contributed by atoms with Crippen molar-refractivity contribution in [2.75, 3.05) is 18.4 Å². The maximum absolute atomic E-state index is 12.2. The van der Waals surface area contributed by atoms with Gasteiger partial charge in [0, 0.05) is 17.6 Å². The number of halogens is 1. The third kappa shape index (κ3) is 3.97. The van der Waals surface area contributed by atoms with Gasteiger partial charge in [-0.05, 0) is 52.9 Å². The Bertz CT molecular complexity index is 548. The normalized spacial score (nSPS) is 17.8. The Morgan fingerprint density at radius 2 is 2.24 bits per heavy atom. The number of urea groups is 1. The number of carbonyl (C=O) groups is 2. The van der Waals surface area contributed by atoms with E-state index in [4.69, 9.17) is 5.11 Å². The molecule has 0 aliphatic carbocycles. The van der Waals surface area contributed by atoms with Crippen molar-refractivity contribution >= 4 is 33.6 Å². The molecule has 1 unspecified atom stereocenters. The van der Waals surface area contributed by atoms with E-state index in [9.17, 15) is 9.59 Å². The van der Waals surface area contributed by atoms with E-state index < -0.39 is 5.97 Å². The molecule has 0 radical (unpaired) electrons. The van der Waals surface area contributed by atoms with E-state index in [2.05, 4.69) is 28.2 Å². The van der Waals surface area contributed by atoms with Crippen LogP contribution in [-0.4, -0.2) is 35.1 Å². The number of aromatic carboxylic acids is 1. The van der Waals surface area contributed by atoms with Crippen LogP contribution in [0.5, 0.6) is 0 Å². The highest BCUT2D eigenvalue weighted by molar-refractivity contribution is 9.10. The van der Waals surface area contributed by atoms with Gasteiger partial charge in [-0.15, -0.1) is 0 Å². The highest BCUT2D eigenvalue weighted by Crippen LogP contribution is 2.26. The molecule has 1 aliphatic heterocycles. The van der Waals surface area contributed by atoms with Gasteiger partial charge in [-0.25, -0.2) is 9.59 Å². The first-order valence-corrected chi connectivity index (χ1v) is 7.89. The van der Waals surface area contributed by atoms with Gasteiger partial charge in [0.2, 0.25) is 0 Å². The SMILES string of the molecule is CCCC1CCN(C(=O)Nc2cc(C(=O)O)ccc2Br)C1. The number of hydrogen-bond acceptors (Lipinski definition) is 2. The molecule has 1 aliphatic rings. The average molecular weight is 355 g/mol. The largest absolute Gasteiger partial charge is 0.478 e. The number of nitrogens with zero attached hydrogens (tertiary/aromatic N) is 1. The monoisotopic (exact) mass is 354 g/mol. The fourth-order valence-electron chi connectivity index (χ4n) is 2.61. The fraction of sp³-hybridized carbons (Fsp3) is 0.467. The van der Waals surface area contributed by atoms with E-state index in [0.717, 1.165) is 32.4 Å². The Kier molecular flexibility index (Phi) is 5.22. The van der Waals surface area contributed by atoms with Crippen molar-refractivity contribution in [2.45, 2.75) is 26.2 Å². The van der Waals surface area contributed by atoms with E-state index in [0.29, 0.717) is 16.1 Å². The third-order valence-electron chi connectivity index (χ3n) is 3.72. The molecule has 1 atom stereocenters. The van der Waals surface area contributed by atoms with Gasteiger partial charge in [0.15, 0.2) is 0 Å². The summed E-state index contributed by atoms with van der Waals surface area (Å²) < 4.78 is 0.671. The van der Waals surface area contributed by atoms with E-state index in [-0.39, 0.29) is 11.6 Å². The highest BCUT2D eigenvalue weighted by atomic mass is 79.9. The Labute approximate surface area is 132 Å². The van der Waals surface area contributed by atoms with Crippen LogP contribution in [0.3, 0.4) is 0 Å². The zero-order valence-electron chi connectivity index (χ0n) is 11.9. The summed E-state index contributed by atoms with van der Waals surface area (Å²) in [7, 11) is 0. The van der Waals surface area contributed by atoms with Crippen LogP contribution in [0.15, 0.2) is 22.7 Å². The zero-order chi connectivity index (χ0) is 15.4. The standard InChI is InChI=1S/C15H19BrN2O3/c1-2-3-10-6-7-18(9-10)15(21)17-13-8-11(14(19)20)4-5-12(13)16/h4-5,8,10H,2-3,6-7,9H2,1H3,(H,17,21)(H,19,20). The van der Waals surface area contributed by atoms with E-state index >= 15 is 0 Å². The lowest BCUT2D eigenvalue weighted by Crippen LogP contribution is -2.33. The molecule has 0 spiro atoms. The van der Waals surface area contributed by atoms with E-state index in [1.807, 2.05) is 0 Å². The van der Waals surface area contributed by atoms with Crippen molar-refractivity contribution in [3.05, 3.63) is 28.2 Å². The van der Waals surface area contributed by atoms with Gasteiger partial charge in [0.1, 0.15) is 0 Å². The summed E-state index contributed by atoms with van der Waals surface area (Å²) in [6, 6.07) is 4.42. The number of carboxylic acids is 1. The summed E-state index contributed by atoms with van der Waals surface area (Å²) in [6.07, 6.45) is 3.31. The molecule has 1 heterocycles. The van der Waals surface area contributed by atoms with Crippen LogP contribution in [0.2, 0.25) is 0 Å². The Balaban J connectivity index is 2.03. The Hall–Kier alpha value is -1.56. The second-order valence-corrected chi connectivity index (χ2v) is 6.17. The van der Waals surface area contributed by atoms with Crippen LogP contribution in [0, 0.1) is 5.92 Å².